The Bertz CT molecular complexity index is 876. The van der Waals surface area contributed by atoms with Gasteiger partial charge in [0.15, 0.2) is 22.5 Å². The number of ketones is 1. The Kier molecular flexibility index (Phi) is 4.25. The molecule has 1 aromatic heterocycles. The van der Waals surface area contributed by atoms with E-state index in [1.807, 2.05) is 19.1 Å². The van der Waals surface area contributed by atoms with Crippen LogP contribution in [0.1, 0.15) is 15.9 Å². The van der Waals surface area contributed by atoms with E-state index in [4.69, 9.17) is 4.74 Å². The van der Waals surface area contributed by atoms with Gasteiger partial charge < -0.3 is 10.1 Å². The average Bonchev–Trinajstić information content (AvgIpc) is 2.94. The minimum Gasteiger partial charge on any atom is -0.494 e. The first-order valence-electron chi connectivity index (χ1n) is 7.04. The number of halogens is 1. The molecule has 2 aromatic carbocycles. The number of benzene rings is 2. The fraction of sp³-hybridized carbons (Fsp3) is 0.176. The van der Waals surface area contributed by atoms with Crippen molar-refractivity contribution >= 4 is 32.5 Å². The molecule has 6 heteroatoms. The predicted molar refractivity (Wildman–Crippen MR) is 90.1 cm³/mol. The summed E-state index contributed by atoms with van der Waals surface area (Å²) in [5.74, 6) is -0.633. The zero-order valence-corrected chi connectivity index (χ0v) is 13.5. The molecule has 0 amide bonds. The van der Waals surface area contributed by atoms with Gasteiger partial charge in [-0.15, -0.1) is 0 Å². The number of nitrogens with zero attached hydrogens (tertiary/aromatic N) is 1. The maximum Gasteiger partial charge on any atom is 0.184 e. The topological polar surface area (TPSA) is 51.2 Å². The molecule has 0 aliphatic heterocycles. The summed E-state index contributed by atoms with van der Waals surface area (Å²) in [5, 5.41) is 3.68. The van der Waals surface area contributed by atoms with Crippen LogP contribution in [0.15, 0.2) is 36.4 Å². The van der Waals surface area contributed by atoms with Crippen molar-refractivity contribution in [2.45, 2.75) is 6.92 Å². The van der Waals surface area contributed by atoms with E-state index in [1.165, 1.54) is 30.6 Å². The predicted octanol–water partition coefficient (Wildman–Crippen LogP) is 4.05. The number of nitrogens with one attached hydrogen (secondary N) is 1. The molecule has 0 spiro atoms. The highest BCUT2D eigenvalue weighted by Crippen LogP contribution is 2.26. The number of anilines is 1. The maximum atomic E-state index is 13.6. The van der Waals surface area contributed by atoms with E-state index in [0.29, 0.717) is 10.7 Å². The molecule has 0 saturated carbocycles. The number of methoxy groups -OCH3 is 1. The number of aryl methyl sites for hydroxylation is 1. The number of hydrogen-bond donors (Lipinski definition) is 1. The highest BCUT2D eigenvalue weighted by Gasteiger charge is 2.11. The van der Waals surface area contributed by atoms with Crippen LogP contribution in [0.5, 0.6) is 5.75 Å². The Hall–Kier alpha value is -2.47. The molecule has 0 aliphatic rings. The molecule has 4 nitrogen and oxygen atoms in total. The Balaban J connectivity index is 1.71. The monoisotopic (exact) mass is 330 g/mol. The van der Waals surface area contributed by atoms with Crippen LogP contribution in [0.4, 0.5) is 9.52 Å². The minimum absolute atomic E-state index is 0.0601. The number of fused-ring (bicyclic) bond motifs is 1. The van der Waals surface area contributed by atoms with Gasteiger partial charge in [0.1, 0.15) is 0 Å². The Morgan fingerprint density at radius 3 is 2.87 bits per heavy atom. The SMILES string of the molecule is COc1ccc(C(=O)CNc2nc3ccc(C)cc3s2)cc1F. The molecule has 3 rings (SSSR count). The number of hydrogen-bond acceptors (Lipinski definition) is 5. The van der Waals surface area contributed by atoms with Gasteiger partial charge in [0.05, 0.1) is 23.9 Å². The molecule has 0 fully saturated rings. The summed E-state index contributed by atoms with van der Waals surface area (Å²) >= 11 is 1.49. The molecule has 0 atom stereocenters. The third kappa shape index (κ3) is 3.32. The summed E-state index contributed by atoms with van der Waals surface area (Å²) in [6.07, 6.45) is 0. The van der Waals surface area contributed by atoms with Crippen molar-refractivity contribution in [1.29, 1.82) is 0 Å². The van der Waals surface area contributed by atoms with Crippen LogP contribution in [0.2, 0.25) is 0 Å². The van der Waals surface area contributed by atoms with Gasteiger partial charge in [-0.2, -0.15) is 0 Å². The number of aromatic nitrogens is 1. The van der Waals surface area contributed by atoms with Crippen LogP contribution < -0.4 is 10.1 Å². The van der Waals surface area contributed by atoms with Crippen LogP contribution >= 0.6 is 11.3 Å². The normalized spacial score (nSPS) is 10.7. The lowest BCUT2D eigenvalue weighted by Crippen LogP contribution is -2.14. The number of Topliss-reactive ketones (excluding diaryl/α,β-unsaturated/α-hetero) is 1. The quantitative estimate of drug-likeness (QED) is 0.717. The molecule has 0 aliphatic carbocycles. The third-order valence-electron chi connectivity index (χ3n) is 3.42. The highest BCUT2D eigenvalue weighted by molar-refractivity contribution is 7.22. The fourth-order valence-corrected chi connectivity index (χ4v) is 3.16. The van der Waals surface area contributed by atoms with E-state index < -0.39 is 5.82 Å². The van der Waals surface area contributed by atoms with Crippen LogP contribution in [0.25, 0.3) is 10.2 Å². The second-order valence-electron chi connectivity index (χ2n) is 5.12. The lowest BCUT2D eigenvalue weighted by Gasteiger charge is -2.05. The zero-order valence-electron chi connectivity index (χ0n) is 12.7. The summed E-state index contributed by atoms with van der Waals surface area (Å²) in [7, 11) is 1.39. The van der Waals surface area contributed by atoms with Gasteiger partial charge in [-0.1, -0.05) is 17.4 Å². The van der Waals surface area contributed by atoms with Crippen molar-refractivity contribution in [2.75, 3.05) is 19.0 Å². The Morgan fingerprint density at radius 1 is 1.30 bits per heavy atom. The zero-order chi connectivity index (χ0) is 16.4. The van der Waals surface area contributed by atoms with Gasteiger partial charge >= 0.3 is 0 Å². The molecule has 23 heavy (non-hydrogen) atoms. The van der Waals surface area contributed by atoms with Crippen molar-refractivity contribution < 1.29 is 13.9 Å². The van der Waals surface area contributed by atoms with E-state index in [1.54, 1.807) is 6.07 Å². The molecule has 1 N–H and O–H groups in total. The van der Waals surface area contributed by atoms with Gasteiger partial charge in [0.2, 0.25) is 0 Å². The molecule has 0 radical (unpaired) electrons. The molecule has 0 unspecified atom stereocenters. The van der Waals surface area contributed by atoms with E-state index in [0.717, 1.165) is 15.8 Å². The first kappa shape index (κ1) is 15.4. The Labute approximate surface area is 136 Å². The summed E-state index contributed by atoms with van der Waals surface area (Å²) in [6, 6.07) is 10.2. The van der Waals surface area contributed by atoms with Gasteiger partial charge in [-0.05, 0) is 42.8 Å². The third-order valence-corrected chi connectivity index (χ3v) is 4.39. The number of thiazole rings is 1. The van der Waals surface area contributed by atoms with Gasteiger partial charge in [0, 0.05) is 5.56 Å². The van der Waals surface area contributed by atoms with Crippen LogP contribution in [-0.2, 0) is 0 Å². The fourth-order valence-electron chi connectivity index (χ4n) is 2.21. The average molecular weight is 330 g/mol. The van der Waals surface area contributed by atoms with Crippen molar-refractivity contribution in [3.05, 3.63) is 53.3 Å². The molecule has 1 heterocycles. The summed E-state index contributed by atoms with van der Waals surface area (Å²) in [5.41, 5.74) is 2.36. The largest absolute Gasteiger partial charge is 0.494 e. The van der Waals surface area contributed by atoms with E-state index in [9.17, 15) is 9.18 Å². The Morgan fingerprint density at radius 2 is 2.13 bits per heavy atom. The van der Waals surface area contributed by atoms with Gasteiger partial charge in [0.25, 0.3) is 0 Å². The second kappa shape index (κ2) is 6.34. The van der Waals surface area contributed by atoms with Crippen molar-refractivity contribution in [1.82, 2.24) is 4.98 Å². The summed E-state index contributed by atoms with van der Waals surface area (Å²) in [6.45, 7) is 2.08. The van der Waals surface area contributed by atoms with Gasteiger partial charge in [-0.25, -0.2) is 9.37 Å². The summed E-state index contributed by atoms with van der Waals surface area (Å²) < 4.78 is 19.6. The molecule has 0 bridgehead atoms. The molecular formula is C17H15FN2O2S. The van der Waals surface area contributed by atoms with E-state index in [-0.39, 0.29) is 18.1 Å². The molecule has 118 valence electrons. The van der Waals surface area contributed by atoms with E-state index >= 15 is 0 Å². The number of carbonyl (C=O) groups excluding carboxylic acids is 1. The number of ether oxygens (including phenoxy) is 1. The summed E-state index contributed by atoms with van der Waals surface area (Å²) in [4.78, 5) is 16.6. The van der Waals surface area contributed by atoms with Crippen LogP contribution in [0, 0.1) is 12.7 Å². The minimum atomic E-state index is -0.547. The molecule has 3 aromatic rings. The first-order chi connectivity index (χ1) is 11.1. The second-order valence-corrected chi connectivity index (χ2v) is 6.15. The molecular weight excluding hydrogens is 315 g/mol. The number of rotatable bonds is 5. The van der Waals surface area contributed by atoms with Gasteiger partial charge in [-0.3, -0.25) is 4.79 Å². The van der Waals surface area contributed by atoms with Crippen molar-refractivity contribution in [2.24, 2.45) is 0 Å². The van der Waals surface area contributed by atoms with E-state index in [2.05, 4.69) is 16.4 Å². The van der Waals surface area contributed by atoms with Crippen LogP contribution in [0.3, 0.4) is 0 Å². The number of carbonyl (C=O) groups is 1. The lowest BCUT2D eigenvalue weighted by molar-refractivity contribution is 0.101. The highest BCUT2D eigenvalue weighted by atomic mass is 32.1. The standard InChI is InChI=1S/C17H15FN2O2S/c1-10-3-5-13-16(7-10)23-17(20-13)19-9-14(21)11-4-6-15(22-2)12(18)8-11/h3-8H,9H2,1-2H3,(H,19,20). The first-order valence-corrected chi connectivity index (χ1v) is 7.86. The maximum absolute atomic E-state index is 13.6. The molecule has 0 saturated heterocycles. The van der Waals surface area contributed by atoms with Crippen molar-refractivity contribution in [3.63, 3.8) is 0 Å². The van der Waals surface area contributed by atoms with Crippen molar-refractivity contribution in [3.8, 4) is 5.75 Å². The smallest absolute Gasteiger partial charge is 0.184 e. The van der Waals surface area contributed by atoms with Crippen LogP contribution in [-0.4, -0.2) is 24.4 Å². The lowest BCUT2D eigenvalue weighted by atomic mass is 10.1.